The zero-order valence-corrected chi connectivity index (χ0v) is 15.1. The second kappa shape index (κ2) is 14.1. The summed E-state index contributed by atoms with van der Waals surface area (Å²) in [6, 6.07) is 1.75. The summed E-state index contributed by atoms with van der Waals surface area (Å²) < 4.78 is 0. The van der Waals surface area contributed by atoms with Crippen LogP contribution in [0.2, 0.25) is 0 Å². The van der Waals surface area contributed by atoms with Crippen molar-refractivity contribution in [2.45, 2.75) is 82.7 Å². The Labute approximate surface area is 138 Å². The van der Waals surface area contributed by atoms with Crippen LogP contribution in [0.4, 0.5) is 0 Å². The van der Waals surface area contributed by atoms with E-state index in [1.165, 1.54) is 6.92 Å². The molecular formula is C14H29NO4Te. The topological polar surface area (TPSA) is 105 Å². The number of hydrogen-bond acceptors (Lipinski definition) is 5. The summed E-state index contributed by atoms with van der Waals surface area (Å²) >= 11 is 0. The van der Waals surface area contributed by atoms with Crippen LogP contribution < -0.4 is 0 Å². The summed E-state index contributed by atoms with van der Waals surface area (Å²) in [4.78, 5) is 0. The molecule has 4 N–H and O–H groups in total. The number of rotatable bonds is 0. The number of aliphatic hydroxyl groups is 4. The number of nitriles is 1. The van der Waals surface area contributed by atoms with E-state index in [1.54, 1.807) is 6.07 Å². The molecule has 0 unspecified atom stereocenters. The van der Waals surface area contributed by atoms with E-state index in [0.717, 1.165) is 51.4 Å². The van der Waals surface area contributed by atoms with E-state index in [1.807, 2.05) is 0 Å². The molecule has 2 aliphatic rings. The first kappa shape index (κ1) is 22.4. The maximum absolute atomic E-state index is 8.93. The molecule has 0 spiro atoms. The van der Waals surface area contributed by atoms with Crippen LogP contribution >= 0.6 is 0 Å². The molecule has 0 amide bonds. The van der Waals surface area contributed by atoms with E-state index in [-0.39, 0.29) is 23.7 Å². The molecule has 0 aromatic rings. The molecule has 0 aliphatic heterocycles. The maximum atomic E-state index is 8.93. The van der Waals surface area contributed by atoms with Crippen molar-refractivity contribution < 1.29 is 20.4 Å². The molecule has 0 bridgehead atoms. The normalized spacial score (nSPS) is 32.2. The van der Waals surface area contributed by atoms with Gasteiger partial charge in [0.05, 0.1) is 30.5 Å². The van der Waals surface area contributed by atoms with Gasteiger partial charge in [-0.25, -0.2) is 0 Å². The first-order chi connectivity index (χ1) is 9.02. The quantitative estimate of drug-likeness (QED) is 0.432. The standard InChI is InChI=1S/2C6H12O2.C2H3N.H2Te/c2*7-5-3-1-2-4-6(5)8;1-2-3;/h2*5-8H,1-4H2;1H3;1H2/t2*5-,6+;;. The Morgan fingerprint density at radius 2 is 0.850 bits per heavy atom. The van der Waals surface area contributed by atoms with Gasteiger partial charge in [0.25, 0.3) is 0 Å². The van der Waals surface area contributed by atoms with Crippen molar-refractivity contribution in [3.05, 3.63) is 0 Å². The van der Waals surface area contributed by atoms with Gasteiger partial charge in [0.15, 0.2) is 0 Å². The fourth-order valence-corrected chi connectivity index (χ4v) is 2.18. The summed E-state index contributed by atoms with van der Waals surface area (Å²) in [7, 11) is 0. The second-order valence-electron chi connectivity index (χ2n) is 5.06. The molecule has 4 atom stereocenters. The average Bonchev–Trinajstić information content (AvgIpc) is 2.38. The number of nitrogens with zero attached hydrogens (tertiary/aromatic N) is 1. The third-order valence-electron chi connectivity index (χ3n) is 3.39. The molecule has 0 aromatic carbocycles. The summed E-state index contributed by atoms with van der Waals surface area (Å²) in [5.74, 6) is 0. The third-order valence-corrected chi connectivity index (χ3v) is 3.39. The van der Waals surface area contributed by atoms with Crippen molar-refractivity contribution in [3.63, 3.8) is 0 Å². The molecule has 0 aromatic heterocycles. The Balaban J connectivity index is 0. The predicted molar refractivity (Wildman–Crippen MR) is 80.8 cm³/mol. The first-order valence-corrected chi connectivity index (χ1v) is 7.06. The van der Waals surface area contributed by atoms with Crippen LogP contribution in [0, 0.1) is 11.3 Å². The zero-order chi connectivity index (χ0) is 14.7. The average molecular weight is 403 g/mol. The molecule has 2 saturated carbocycles. The monoisotopic (exact) mass is 405 g/mol. The Morgan fingerprint density at radius 1 is 0.700 bits per heavy atom. The summed E-state index contributed by atoms with van der Waals surface area (Å²) in [6.45, 7) is 1.43. The van der Waals surface area contributed by atoms with E-state index in [2.05, 4.69) is 0 Å². The fourth-order valence-electron chi connectivity index (χ4n) is 2.18. The molecule has 20 heavy (non-hydrogen) atoms. The van der Waals surface area contributed by atoms with Gasteiger partial charge in [0.1, 0.15) is 0 Å². The van der Waals surface area contributed by atoms with Crippen LogP contribution in [0.15, 0.2) is 0 Å². The van der Waals surface area contributed by atoms with Crippen LogP contribution in [-0.2, 0) is 0 Å². The van der Waals surface area contributed by atoms with Gasteiger partial charge in [-0.3, -0.25) is 0 Å². The Hall–Kier alpha value is 0.120. The molecule has 6 heteroatoms. The van der Waals surface area contributed by atoms with Crippen LogP contribution in [-0.4, -0.2) is 68.5 Å². The Bertz CT molecular complexity index is 220. The fraction of sp³-hybridized carbons (Fsp3) is 0.929. The SMILES string of the molecule is CC#N.O[C@@H]1CCCC[C@@H]1O.O[C@@H]1CCCC[C@@H]1O.[TeH2]. The van der Waals surface area contributed by atoms with Crippen LogP contribution in [0.3, 0.4) is 0 Å². The number of aliphatic hydroxyl groups excluding tert-OH is 4. The summed E-state index contributed by atoms with van der Waals surface area (Å²) in [6.07, 6.45) is 5.62. The molecule has 0 radical (unpaired) electrons. The van der Waals surface area contributed by atoms with E-state index in [4.69, 9.17) is 25.7 Å². The van der Waals surface area contributed by atoms with E-state index >= 15 is 0 Å². The van der Waals surface area contributed by atoms with Crippen molar-refractivity contribution in [1.82, 2.24) is 0 Å². The summed E-state index contributed by atoms with van der Waals surface area (Å²) in [5, 5.41) is 43.0. The van der Waals surface area contributed by atoms with Gasteiger partial charge in [-0.15, -0.1) is 0 Å². The molecule has 0 heterocycles. The number of hydrogen-bond donors (Lipinski definition) is 4. The Kier molecular flexibility index (Phi) is 15.8. The van der Waals surface area contributed by atoms with Gasteiger partial charge in [-0.05, 0) is 25.7 Å². The molecule has 2 aliphatic carbocycles. The van der Waals surface area contributed by atoms with Gasteiger partial charge < -0.3 is 20.4 Å². The molecule has 2 rings (SSSR count). The minimum atomic E-state index is -0.441. The van der Waals surface area contributed by atoms with Crippen molar-refractivity contribution in [3.8, 4) is 6.07 Å². The van der Waals surface area contributed by atoms with Crippen molar-refractivity contribution in [1.29, 1.82) is 5.26 Å². The van der Waals surface area contributed by atoms with E-state index in [0.29, 0.717) is 0 Å². The van der Waals surface area contributed by atoms with Crippen LogP contribution in [0.25, 0.3) is 0 Å². The minimum absolute atomic E-state index is 0. The molecule has 2 fully saturated rings. The van der Waals surface area contributed by atoms with Gasteiger partial charge >= 0.3 is 23.7 Å². The molecule has 120 valence electrons. The van der Waals surface area contributed by atoms with Crippen LogP contribution in [0.1, 0.15) is 58.3 Å². The molecule has 5 nitrogen and oxygen atoms in total. The van der Waals surface area contributed by atoms with Gasteiger partial charge in [-0.1, -0.05) is 25.7 Å². The van der Waals surface area contributed by atoms with Crippen molar-refractivity contribution >= 4 is 23.7 Å². The first-order valence-electron chi connectivity index (χ1n) is 7.06. The third kappa shape index (κ3) is 10.9. The van der Waals surface area contributed by atoms with E-state index < -0.39 is 24.4 Å². The van der Waals surface area contributed by atoms with Gasteiger partial charge in [0.2, 0.25) is 0 Å². The van der Waals surface area contributed by atoms with Crippen molar-refractivity contribution in [2.75, 3.05) is 0 Å². The molecular weight excluding hydrogens is 374 g/mol. The summed E-state index contributed by atoms with van der Waals surface area (Å²) in [5.41, 5.74) is 0. The van der Waals surface area contributed by atoms with Crippen LogP contribution in [0.5, 0.6) is 0 Å². The second-order valence-corrected chi connectivity index (χ2v) is 5.06. The van der Waals surface area contributed by atoms with Gasteiger partial charge in [0, 0.05) is 6.92 Å². The molecule has 0 saturated heterocycles. The predicted octanol–water partition coefficient (Wildman–Crippen LogP) is 0.178. The Morgan fingerprint density at radius 3 is 0.950 bits per heavy atom. The van der Waals surface area contributed by atoms with E-state index in [9.17, 15) is 0 Å². The van der Waals surface area contributed by atoms with Crippen molar-refractivity contribution in [2.24, 2.45) is 0 Å². The van der Waals surface area contributed by atoms with Gasteiger partial charge in [-0.2, -0.15) is 5.26 Å². The zero-order valence-electron chi connectivity index (χ0n) is 12.2.